The number of rotatable bonds is 6. The van der Waals surface area contributed by atoms with Crippen LogP contribution >= 0.6 is 0 Å². The van der Waals surface area contributed by atoms with Crippen LogP contribution in [0.25, 0.3) is 0 Å². The van der Waals surface area contributed by atoms with E-state index in [1.54, 1.807) is 23.1 Å². The molecular formula is C16H30N4O4S. The molecule has 0 aliphatic carbocycles. The Kier molecular flexibility index (Phi) is 5.80. The Morgan fingerprint density at radius 1 is 1.24 bits per heavy atom. The van der Waals surface area contributed by atoms with Crippen molar-refractivity contribution in [2.45, 2.75) is 26.0 Å². The largest absolute Gasteiger partial charge is 0.347 e. The first kappa shape index (κ1) is 20.1. The van der Waals surface area contributed by atoms with Gasteiger partial charge in [-0.25, -0.2) is 12.7 Å². The predicted octanol–water partition coefficient (Wildman–Crippen LogP) is -0.817. The Balaban J connectivity index is 2.16. The smallest absolute Gasteiger partial charge is 0.241 e. The lowest BCUT2D eigenvalue weighted by molar-refractivity contribution is -0.132. The summed E-state index contributed by atoms with van der Waals surface area (Å²) in [5, 5.41) is 2.10. The molecule has 2 heterocycles. The lowest BCUT2D eigenvalue weighted by Gasteiger charge is -2.32. The molecular weight excluding hydrogens is 344 g/mol. The van der Waals surface area contributed by atoms with E-state index >= 15 is 0 Å². The minimum absolute atomic E-state index is 0.00585. The van der Waals surface area contributed by atoms with Gasteiger partial charge in [0.15, 0.2) is 0 Å². The van der Waals surface area contributed by atoms with Crippen LogP contribution in [0.15, 0.2) is 0 Å². The summed E-state index contributed by atoms with van der Waals surface area (Å²) in [6, 6.07) is 0. The molecule has 2 rings (SSSR count). The van der Waals surface area contributed by atoms with E-state index in [0.29, 0.717) is 26.2 Å². The van der Waals surface area contributed by atoms with Gasteiger partial charge < -0.3 is 15.1 Å². The van der Waals surface area contributed by atoms with E-state index in [0.717, 1.165) is 6.54 Å². The Bertz CT molecular complexity index is 634. The van der Waals surface area contributed by atoms with Crippen molar-refractivity contribution in [2.75, 3.05) is 53.4 Å². The first-order valence-corrected chi connectivity index (χ1v) is 10.1. The molecule has 9 heteroatoms. The van der Waals surface area contributed by atoms with Crippen LogP contribution in [0.2, 0.25) is 0 Å². The highest BCUT2D eigenvalue weighted by Gasteiger charge is 2.55. The fourth-order valence-electron chi connectivity index (χ4n) is 3.98. The Hall–Kier alpha value is -1.19. The van der Waals surface area contributed by atoms with Gasteiger partial charge in [0, 0.05) is 51.0 Å². The molecule has 25 heavy (non-hydrogen) atoms. The number of fused-ring (bicyclic) bond motifs is 1. The average Bonchev–Trinajstić information content (AvgIpc) is 2.97. The van der Waals surface area contributed by atoms with Gasteiger partial charge in [-0.05, 0) is 27.9 Å². The molecule has 8 nitrogen and oxygen atoms in total. The van der Waals surface area contributed by atoms with Gasteiger partial charge in [0.05, 0.1) is 11.8 Å². The number of nitrogens with zero attached hydrogens (tertiary/aromatic N) is 3. The van der Waals surface area contributed by atoms with Crippen LogP contribution in [0.1, 0.15) is 20.8 Å². The van der Waals surface area contributed by atoms with Crippen LogP contribution in [-0.4, -0.2) is 93.0 Å². The summed E-state index contributed by atoms with van der Waals surface area (Å²) in [6.07, 6.45) is 0. The fourth-order valence-corrected chi connectivity index (χ4v) is 5.40. The predicted molar refractivity (Wildman–Crippen MR) is 95.4 cm³/mol. The van der Waals surface area contributed by atoms with Crippen molar-refractivity contribution in [1.82, 2.24) is 19.4 Å². The molecule has 0 bridgehead atoms. The van der Waals surface area contributed by atoms with Crippen LogP contribution in [0.5, 0.6) is 0 Å². The van der Waals surface area contributed by atoms with E-state index in [-0.39, 0.29) is 29.7 Å². The van der Waals surface area contributed by atoms with Crippen molar-refractivity contribution in [2.24, 2.45) is 11.3 Å². The van der Waals surface area contributed by atoms with E-state index in [2.05, 4.69) is 10.2 Å². The number of hydrogen-bond acceptors (Lipinski definition) is 5. The highest BCUT2D eigenvalue weighted by molar-refractivity contribution is 7.89. The first-order valence-electron chi connectivity index (χ1n) is 8.64. The number of hydrogen-bond donors (Lipinski definition) is 1. The fraction of sp³-hybridized carbons (Fsp3) is 0.875. The van der Waals surface area contributed by atoms with Crippen molar-refractivity contribution in [1.29, 1.82) is 0 Å². The summed E-state index contributed by atoms with van der Waals surface area (Å²) >= 11 is 0. The van der Waals surface area contributed by atoms with Crippen LogP contribution in [0.3, 0.4) is 0 Å². The average molecular weight is 375 g/mol. The minimum atomic E-state index is -3.30. The quantitative estimate of drug-likeness (QED) is 0.656. The zero-order valence-corrected chi connectivity index (χ0v) is 16.6. The van der Waals surface area contributed by atoms with E-state index < -0.39 is 15.3 Å². The maximum atomic E-state index is 12.6. The second-order valence-electron chi connectivity index (χ2n) is 7.87. The summed E-state index contributed by atoms with van der Waals surface area (Å²) in [6.45, 7) is 7.47. The van der Waals surface area contributed by atoms with Gasteiger partial charge in [-0.15, -0.1) is 0 Å². The zero-order chi connectivity index (χ0) is 19.0. The molecule has 0 aromatic rings. The summed E-state index contributed by atoms with van der Waals surface area (Å²) in [5.74, 6) is -0.226. The van der Waals surface area contributed by atoms with Gasteiger partial charge in [-0.3, -0.25) is 9.59 Å². The second kappa shape index (κ2) is 7.20. The highest BCUT2D eigenvalue weighted by Crippen LogP contribution is 2.44. The molecule has 0 spiro atoms. The maximum absolute atomic E-state index is 12.6. The van der Waals surface area contributed by atoms with E-state index in [1.807, 2.05) is 14.1 Å². The second-order valence-corrected chi connectivity index (χ2v) is 10.4. The number of amides is 2. The molecule has 2 saturated heterocycles. The molecule has 2 atom stereocenters. The van der Waals surface area contributed by atoms with Gasteiger partial charge in [-0.2, -0.15) is 0 Å². The van der Waals surface area contributed by atoms with Gasteiger partial charge in [0.25, 0.3) is 0 Å². The molecule has 144 valence electrons. The number of likely N-dealkylation sites (tertiary alicyclic amines) is 1. The minimum Gasteiger partial charge on any atom is -0.347 e. The summed E-state index contributed by atoms with van der Waals surface area (Å²) in [7, 11) is 0.634. The third kappa shape index (κ3) is 4.15. The summed E-state index contributed by atoms with van der Waals surface area (Å²) < 4.78 is 26.7. The zero-order valence-electron chi connectivity index (χ0n) is 15.8. The van der Waals surface area contributed by atoms with Gasteiger partial charge in [0.1, 0.15) is 0 Å². The van der Waals surface area contributed by atoms with Crippen LogP contribution in [0, 0.1) is 11.3 Å². The van der Waals surface area contributed by atoms with Gasteiger partial charge in [-0.1, -0.05) is 0 Å². The van der Waals surface area contributed by atoms with Gasteiger partial charge >= 0.3 is 0 Å². The third-order valence-electron chi connectivity index (χ3n) is 5.16. The number of sulfonamides is 1. The normalized spacial score (nSPS) is 27.2. The Labute approximate surface area is 150 Å². The molecule has 0 saturated carbocycles. The van der Waals surface area contributed by atoms with Crippen LogP contribution in [0.4, 0.5) is 0 Å². The molecule has 2 unspecified atom stereocenters. The topological polar surface area (TPSA) is 90.0 Å². The molecule has 2 amide bonds. The SMILES string of the molecule is CC(=O)NCC(=O)N1CC2CN(S(=O)(=O)C(C)C)CC2(CN(C)C)C1. The first-order chi connectivity index (χ1) is 11.5. The van der Waals surface area contributed by atoms with Crippen molar-refractivity contribution < 1.29 is 18.0 Å². The van der Waals surface area contributed by atoms with Crippen molar-refractivity contribution in [3.05, 3.63) is 0 Å². The highest BCUT2D eigenvalue weighted by atomic mass is 32.2. The Morgan fingerprint density at radius 3 is 2.40 bits per heavy atom. The monoisotopic (exact) mass is 374 g/mol. The lowest BCUT2D eigenvalue weighted by Crippen LogP contribution is -2.46. The van der Waals surface area contributed by atoms with E-state index in [4.69, 9.17) is 0 Å². The van der Waals surface area contributed by atoms with E-state index in [1.165, 1.54) is 6.92 Å². The number of carbonyl (C=O) groups excluding carboxylic acids is 2. The van der Waals surface area contributed by atoms with Gasteiger partial charge in [0.2, 0.25) is 21.8 Å². The molecule has 2 aliphatic rings. The van der Waals surface area contributed by atoms with E-state index in [9.17, 15) is 18.0 Å². The number of nitrogens with one attached hydrogen (secondary N) is 1. The van der Waals surface area contributed by atoms with Crippen molar-refractivity contribution in [3.63, 3.8) is 0 Å². The van der Waals surface area contributed by atoms with Crippen LogP contribution < -0.4 is 5.32 Å². The molecule has 0 aromatic carbocycles. The third-order valence-corrected chi connectivity index (χ3v) is 7.35. The number of carbonyl (C=O) groups is 2. The summed E-state index contributed by atoms with van der Waals surface area (Å²) in [5.41, 5.74) is -0.253. The maximum Gasteiger partial charge on any atom is 0.241 e. The standard InChI is InChI=1S/C16H30N4O4S/c1-12(2)25(23,24)20-8-14-7-19(15(22)6-17-13(3)21)10-16(14,11-20)9-18(4)5/h12,14H,6-11H2,1-5H3,(H,17,21). The van der Waals surface area contributed by atoms with Crippen molar-refractivity contribution in [3.8, 4) is 0 Å². The molecule has 2 aliphatic heterocycles. The Morgan fingerprint density at radius 2 is 1.88 bits per heavy atom. The van der Waals surface area contributed by atoms with Crippen molar-refractivity contribution >= 4 is 21.8 Å². The summed E-state index contributed by atoms with van der Waals surface area (Å²) in [4.78, 5) is 27.2. The lowest BCUT2D eigenvalue weighted by atomic mass is 9.80. The molecule has 2 fully saturated rings. The molecule has 0 aromatic heterocycles. The van der Waals surface area contributed by atoms with Crippen LogP contribution in [-0.2, 0) is 19.6 Å². The molecule has 0 radical (unpaired) electrons. The molecule has 1 N–H and O–H groups in total.